The Labute approximate surface area is 190 Å². The molecule has 3 aromatic rings. The van der Waals surface area contributed by atoms with Gasteiger partial charge in [0.15, 0.2) is 0 Å². The standard InChI is InChI=1S/C24H24F3N5O/c1-31(2)13-16-7-20(24(25,26)27)10-21(8-16)30-23(33)18-4-3-17-5-6-32(14-19(17)9-18)22-11-28-15-29-12-22/h3-4,7-12,15H,5-6,13-14H2,1-2H3,(H,30,33). The second-order valence-corrected chi connectivity index (χ2v) is 8.36. The first-order valence-corrected chi connectivity index (χ1v) is 10.5. The number of hydrogen-bond donors (Lipinski definition) is 1. The van der Waals surface area contributed by atoms with Gasteiger partial charge in [0.25, 0.3) is 5.91 Å². The summed E-state index contributed by atoms with van der Waals surface area (Å²) in [4.78, 5) is 24.9. The Morgan fingerprint density at radius 2 is 1.85 bits per heavy atom. The zero-order chi connectivity index (χ0) is 23.6. The number of nitrogens with one attached hydrogen (secondary N) is 1. The largest absolute Gasteiger partial charge is 0.416 e. The third-order valence-corrected chi connectivity index (χ3v) is 5.47. The second-order valence-electron chi connectivity index (χ2n) is 8.36. The Morgan fingerprint density at radius 1 is 1.09 bits per heavy atom. The van der Waals surface area contributed by atoms with Gasteiger partial charge in [-0.15, -0.1) is 0 Å². The number of alkyl halides is 3. The lowest BCUT2D eigenvalue weighted by atomic mass is 9.97. The summed E-state index contributed by atoms with van der Waals surface area (Å²) in [6.07, 6.45) is 1.27. The molecule has 172 valence electrons. The number of aromatic nitrogens is 2. The highest BCUT2D eigenvalue weighted by Crippen LogP contribution is 2.32. The quantitative estimate of drug-likeness (QED) is 0.619. The van der Waals surface area contributed by atoms with Crippen molar-refractivity contribution in [3.8, 4) is 0 Å². The fraction of sp³-hybridized carbons (Fsp3) is 0.292. The smallest absolute Gasteiger partial charge is 0.364 e. The number of halogens is 3. The number of carbonyl (C=O) groups is 1. The lowest BCUT2D eigenvalue weighted by Crippen LogP contribution is -2.30. The number of hydrogen-bond acceptors (Lipinski definition) is 5. The van der Waals surface area contributed by atoms with Crippen LogP contribution in [0.25, 0.3) is 0 Å². The van der Waals surface area contributed by atoms with Gasteiger partial charge in [-0.3, -0.25) is 4.79 Å². The number of fused-ring (bicyclic) bond motifs is 1. The van der Waals surface area contributed by atoms with Crippen molar-refractivity contribution in [2.24, 2.45) is 0 Å². The second kappa shape index (κ2) is 9.19. The van der Waals surface area contributed by atoms with Crippen LogP contribution in [0, 0.1) is 0 Å². The normalized spacial score (nSPS) is 13.7. The highest BCUT2D eigenvalue weighted by Gasteiger charge is 2.31. The number of carbonyl (C=O) groups excluding carboxylic acids is 1. The molecule has 2 aromatic carbocycles. The minimum Gasteiger partial charge on any atom is -0.364 e. The monoisotopic (exact) mass is 455 g/mol. The van der Waals surface area contributed by atoms with Crippen molar-refractivity contribution in [1.82, 2.24) is 14.9 Å². The maximum absolute atomic E-state index is 13.4. The van der Waals surface area contributed by atoms with E-state index in [-0.39, 0.29) is 5.69 Å². The van der Waals surface area contributed by atoms with E-state index in [1.54, 1.807) is 49.6 Å². The molecule has 1 aromatic heterocycles. The molecule has 33 heavy (non-hydrogen) atoms. The maximum Gasteiger partial charge on any atom is 0.416 e. The molecule has 6 nitrogen and oxygen atoms in total. The molecule has 0 unspecified atom stereocenters. The van der Waals surface area contributed by atoms with E-state index in [0.717, 1.165) is 41.9 Å². The van der Waals surface area contributed by atoms with E-state index in [4.69, 9.17) is 0 Å². The summed E-state index contributed by atoms with van der Waals surface area (Å²) in [6.45, 7) is 1.73. The van der Waals surface area contributed by atoms with Gasteiger partial charge in [0.05, 0.1) is 23.6 Å². The minimum absolute atomic E-state index is 0.118. The van der Waals surface area contributed by atoms with Gasteiger partial charge in [0, 0.05) is 30.9 Å². The molecule has 0 radical (unpaired) electrons. The van der Waals surface area contributed by atoms with Gasteiger partial charge in [0.1, 0.15) is 6.33 Å². The van der Waals surface area contributed by atoms with Crippen LogP contribution in [0.2, 0.25) is 0 Å². The molecule has 0 spiro atoms. The lowest BCUT2D eigenvalue weighted by molar-refractivity contribution is -0.137. The summed E-state index contributed by atoms with van der Waals surface area (Å²) in [5.41, 5.74) is 3.23. The highest BCUT2D eigenvalue weighted by molar-refractivity contribution is 6.04. The molecule has 0 saturated carbocycles. The number of amides is 1. The summed E-state index contributed by atoms with van der Waals surface area (Å²) >= 11 is 0. The predicted molar refractivity (Wildman–Crippen MR) is 120 cm³/mol. The van der Waals surface area contributed by atoms with Crippen LogP contribution in [-0.4, -0.2) is 41.4 Å². The molecular weight excluding hydrogens is 431 g/mol. The van der Waals surface area contributed by atoms with Crippen LogP contribution in [0.4, 0.5) is 24.5 Å². The van der Waals surface area contributed by atoms with E-state index in [0.29, 0.717) is 24.2 Å². The molecule has 0 atom stereocenters. The summed E-state index contributed by atoms with van der Waals surface area (Å²) in [5, 5.41) is 2.64. The first-order valence-electron chi connectivity index (χ1n) is 10.5. The van der Waals surface area contributed by atoms with E-state index in [1.165, 1.54) is 6.33 Å². The van der Waals surface area contributed by atoms with Crippen LogP contribution in [0.5, 0.6) is 0 Å². The van der Waals surface area contributed by atoms with Crippen molar-refractivity contribution in [3.63, 3.8) is 0 Å². The summed E-state index contributed by atoms with van der Waals surface area (Å²) in [6, 6.07) is 9.07. The number of benzene rings is 2. The SMILES string of the molecule is CN(C)Cc1cc(NC(=O)c2ccc3c(c2)CN(c2cncnc2)CC3)cc(C(F)(F)F)c1. The average Bonchev–Trinajstić information content (AvgIpc) is 2.77. The topological polar surface area (TPSA) is 61.4 Å². The van der Waals surface area contributed by atoms with Crippen molar-refractivity contribution in [3.05, 3.63) is 82.9 Å². The first-order chi connectivity index (χ1) is 15.7. The van der Waals surface area contributed by atoms with Gasteiger partial charge in [-0.2, -0.15) is 13.2 Å². The number of anilines is 2. The zero-order valence-corrected chi connectivity index (χ0v) is 18.4. The molecule has 9 heteroatoms. The van der Waals surface area contributed by atoms with Crippen LogP contribution < -0.4 is 10.2 Å². The molecule has 0 bridgehead atoms. The minimum atomic E-state index is -4.50. The van der Waals surface area contributed by atoms with Crippen LogP contribution in [0.3, 0.4) is 0 Å². The van der Waals surface area contributed by atoms with Crippen molar-refractivity contribution in [1.29, 1.82) is 0 Å². The molecule has 0 aliphatic carbocycles. The van der Waals surface area contributed by atoms with Crippen molar-refractivity contribution in [2.45, 2.75) is 25.7 Å². The average molecular weight is 455 g/mol. The first kappa shape index (κ1) is 22.7. The van der Waals surface area contributed by atoms with Crippen molar-refractivity contribution < 1.29 is 18.0 Å². The van der Waals surface area contributed by atoms with E-state index < -0.39 is 17.6 Å². The Bertz CT molecular complexity index is 1150. The predicted octanol–water partition coefficient (Wildman–Crippen LogP) is 4.37. The van der Waals surface area contributed by atoms with Gasteiger partial charge in [-0.1, -0.05) is 6.07 Å². The molecule has 1 amide bonds. The summed E-state index contributed by atoms with van der Waals surface area (Å²) < 4.78 is 40.1. The molecule has 1 aliphatic rings. The molecule has 2 heterocycles. The van der Waals surface area contributed by atoms with Gasteiger partial charge in [-0.25, -0.2) is 9.97 Å². The highest BCUT2D eigenvalue weighted by atomic mass is 19.4. The van der Waals surface area contributed by atoms with Crippen LogP contribution >= 0.6 is 0 Å². The summed E-state index contributed by atoms with van der Waals surface area (Å²) in [7, 11) is 3.55. The van der Waals surface area contributed by atoms with Crippen LogP contribution in [0.1, 0.15) is 32.6 Å². The molecule has 1 N–H and O–H groups in total. The fourth-order valence-electron chi connectivity index (χ4n) is 3.96. The van der Waals surface area contributed by atoms with Crippen molar-refractivity contribution >= 4 is 17.3 Å². The van der Waals surface area contributed by atoms with Gasteiger partial charge < -0.3 is 15.1 Å². The third-order valence-electron chi connectivity index (χ3n) is 5.47. The Balaban J connectivity index is 1.56. The molecule has 4 rings (SSSR count). The lowest BCUT2D eigenvalue weighted by Gasteiger charge is -2.30. The Morgan fingerprint density at radius 3 is 2.55 bits per heavy atom. The molecule has 1 aliphatic heterocycles. The van der Waals surface area contributed by atoms with Gasteiger partial charge >= 0.3 is 6.18 Å². The van der Waals surface area contributed by atoms with Crippen molar-refractivity contribution in [2.75, 3.05) is 30.9 Å². The molecule has 0 fully saturated rings. The number of rotatable bonds is 5. The van der Waals surface area contributed by atoms with Crippen LogP contribution in [0.15, 0.2) is 55.1 Å². The number of nitrogens with zero attached hydrogens (tertiary/aromatic N) is 4. The van der Waals surface area contributed by atoms with E-state index in [9.17, 15) is 18.0 Å². The van der Waals surface area contributed by atoms with Crippen LogP contribution in [-0.2, 0) is 25.7 Å². The fourth-order valence-corrected chi connectivity index (χ4v) is 3.96. The Hall–Kier alpha value is -3.46. The molecule has 0 saturated heterocycles. The summed E-state index contributed by atoms with van der Waals surface area (Å²) in [5.74, 6) is -0.451. The maximum atomic E-state index is 13.4. The van der Waals surface area contributed by atoms with Gasteiger partial charge in [-0.05, 0) is 67.5 Å². The van der Waals surface area contributed by atoms with E-state index in [1.807, 2.05) is 6.07 Å². The third kappa shape index (κ3) is 5.48. The zero-order valence-electron chi connectivity index (χ0n) is 18.4. The molecular formula is C24H24F3N5O. The van der Waals surface area contributed by atoms with E-state index in [2.05, 4.69) is 20.2 Å². The van der Waals surface area contributed by atoms with E-state index >= 15 is 0 Å². The Kier molecular flexibility index (Phi) is 6.33. The van der Waals surface area contributed by atoms with Gasteiger partial charge in [0.2, 0.25) is 0 Å².